The molecule has 0 spiro atoms. The van der Waals surface area contributed by atoms with E-state index in [9.17, 15) is 10.1 Å². The van der Waals surface area contributed by atoms with Crippen LogP contribution < -0.4 is 5.32 Å². The molecule has 1 aromatic carbocycles. The molecule has 5 heteroatoms. The van der Waals surface area contributed by atoms with E-state index in [0.29, 0.717) is 15.6 Å². The summed E-state index contributed by atoms with van der Waals surface area (Å²) in [5.41, 5.74) is -0.0599. The van der Waals surface area contributed by atoms with Gasteiger partial charge in [-0.1, -0.05) is 29.3 Å². The topological polar surface area (TPSA) is 52.9 Å². The van der Waals surface area contributed by atoms with Crippen molar-refractivity contribution in [1.82, 2.24) is 5.32 Å². The standard InChI is InChI=1S/C14H14Cl2N2O/c1-14(8-17,10-3-4-10)18-13(19)6-9-2-5-11(15)7-12(9)16/h2,5,7,10H,3-4,6H2,1H3,(H,18,19). The van der Waals surface area contributed by atoms with E-state index < -0.39 is 5.54 Å². The summed E-state index contributed by atoms with van der Waals surface area (Å²) in [5.74, 6) is 0.0716. The molecule has 0 aliphatic heterocycles. The Morgan fingerprint density at radius 2 is 2.21 bits per heavy atom. The highest BCUT2D eigenvalue weighted by Crippen LogP contribution is 2.39. The molecule has 1 amide bonds. The number of amides is 1. The number of rotatable bonds is 4. The minimum atomic E-state index is -0.768. The van der Waals surface area contributed by atoms with E-state index in [1.807, 2.05) is 0 Å². The first-order chi connectivity index (χ1) is 8.94. The molecule has 0 aromatic heterocycles. The highest BCUT2D eigenvalue weighted by molar-refractivity contribution is 6.35. The average Bonchev–Trinajstić information content (AvgIpc) is 3.17. The molecule has 1 fully saturated rings. The van der Waals surface area contributed by atoms with Crippen molar-refractivity contribution in [2.24, 2.45) is 5.92 Å². The van der Waals surface area contributed by atoms with Crippen LogP contribution in [0.3, 0.4) is 0 Å². The molecule has 0 radical (unpaired) electrons. The third-order valence-corrected chi connectivity index (χ3v) is 3.98. The van der Waals surface area contributed by atoms with Gasteiger partial charge in [-0.2, -0.15) is 5.26 Å². The summed E-state index contributed by atoms with van der Waals surface area (Å²) in [6.45, 7) is 1.77. The zero-order valence-corrected chi connectivity index (χ0v) is 12.1. The van der Waals surface area contributed by atoms with Crippen LogP contribution in [0.2, 0.25) is 10.0 Å². The molecule has 1 aliphatic carbocycles. The Bertz CT molecular complexity index is 549. The Balaban J connectivity index is 2.03. The highest BCUT2D eigenvalue weighted by atomic mass is 35.5. The third-order valence-electron chi connectivity index (χ3n) is 3.39. The minimum absolute atomic E-state index is 0.153. The fourth-order valence-corrected chi connectivity index (χ4v) is 2.53. The van der Waals surface area contributed by atoms with Gasteiger partial charge in [-0.05, 0) is 43.4 Å². The maximum Gasteiger partial charge on any atom is 0.225 e. The lowest BCUT2D eigenvalue weighted by Gasteiger charge is -2.23. The summed E-state index contributed by atoms with van der Waals surface area (Å²) >= 11 is 11.8. The molecule has 100 valence electrons. The fraction of sp³-hybridized carbons (Fsp3) is 0.429. The molecule has 1 N–H and O–H groups in total. The van der Waals surface area contributed by atoms with Crippen molar-refractivity contribution in [3.05, 3.63) is 33.8 Å². The van der Waals surface area contributed by atoms with Crippen LogP contribution in [-0.2, 0) is 11.2 Å². The van der Waals surface area contributed by atoms with E-state index in [1.54, 1.807) is 25.1 Å². The first kappa shape index (κ1) is 14.2. The van der Waals surface area contributed by atoms with Gasteiger partial charge in [0, 0.05) is 10.0 Å². The van der Waals surface area contributed by atoms with Crippen LogP contribution in [0, 0.1) is 17.2 Å². The van der Waals surface area contributed by atoms with Crippen molar-refractivity contribution < 1.29 is 4.79 Å². The number of nitriles is 1. The zero-order valence-electron chi connectivity index (χ0n) is 10.5. The van der Waals surface area contributed by atoms with Gasteiger partial charge in [-0.3, -0.25) is 4.79 Å². The van der Waals surface area contributed by atoms with Gasteiger partial charge < -0.3 is 5.32 Å². The van der Waals surface area contributed by atoms with Crippen LogP contribution in [0.15, 0.2) is 18.2 Å². The van der Waals surface area contributed by atoms with Crippen molar-refractivity contribution in [3.63, 3.8) is 0 Å². The van der Waals surface area contributed by atoms with E-state index in [0.717, 1.165) is 12.8 Å². The smallest absolute Gasteiger partial charge is 0.225 e. The largest absolute Gasteiger partial charge is 0.338 e. The summed E-state index contributed by atoms with van der Waals surface area (Å²) in [7, 11) is 0. The van der Waals surface area contributed by atoms with Crippen LogP contribution >= 0.6 is 23.2 Å². The summed E-state index contributed by atoms with van der Waals surface area (Å²) < 4.78 is 0. The number of nitrogens with one attached hydrogen (secondary N) is 1. The minimum Gasteiger partial charge on any atom is -0.338 e. The zero-order chi connectivity index (χ0) is 14.0. The maximum atomic E-state index is 12.0. The van der Waals surface area contributed by atoms with Crippen molar-refractivity contribution >= 4 is 29.1 Å². The van der Waals surface area contributed by atoms with Crippen molar-refractivity contribution in [3.8, 4) is 6.07 Å². The van der Waals surface area contributed by atoms with Gasteiger partial charge in [0.05, 0.1) is 12.5 Å². The van der Waals surface area contributed by atoms with Gasteiger partial charge in [-0.25, -0.2) is 0 Å². The molecule has 1 atom stereocenters. The van der Waals surface area contributed by atoms with E-state index in [1.165, 1.54) is 0 Å². The summed E-state index contributed by atoms with van der Waals surface area (Å²) in [5, 5.41) is 13.0. The molecule has 1 unspecified atom stereocenters. The highest BCUT2D eigenvalue weighted by Gasteiger charge is 2.42. The summed E-state index contributed by atoms with van der Waals surface area (Å²) in [6, 6.07) is 7.22. The Kier molecular flexibility index (Phi) is 4.03. The lowest BCUT2D eigenvalue weighted by molar-refractivity contribution is -0.121. The van der Waals surface area contributed by atoms with Gasteiger partial charge in [0.1, 0.15) is 5.54 Å². The monoisotopic (exact) mass is 296 g/mol. The number of hydrogen-bond acceptors (Lipinski definition) is 2. The molecular formula is C14H14Cl2N2O. The molecular weight excluding hydrogens is 283 g/mol. The molecule has 2 rings (SSSR count). The molecule has 3 nitrogen and oxygen atoms in total. The lowest BCUT2D eigenvalue weighted by Crippen LogP contribution is -2.47. The van der Waals surface area contributed by atoms with Gasteiger partial charge in [0.25, 0.3) is 0 Å². The Hall–Kier alpha value is -1.24. The quantitative estimate of drug-likeness (QED) is 0.926. The van der Waals surface area contributed by atoms with Gasteiger partial charge in [0.15, 0.2) is 0 Å². The Morgan fingerprint density at radius 3 is 2.74 bits per heavy atom. The van der Waals surface area contributed by atoms with Gasteiger partial charge in [-0.15, -0.1) is 0 Å². The fourth-order valence-electron chi connectivity index (χ4n) is 2.05. The lowest BCUT2D eigenvalue weighted by atomic mass is 9.97. The second-order valence-corrected chi connectivity index (χ2v) is 5.89. The first-order valence-electron chi connectivity index (χ1n) is 6.11. The number of nitrogens with zero attached hydrogens (tertiary/aromatic N) is 1. The van der Waals surface area contributed by atoms with Gasteiger partial charge in [0.2, 0.25) is 5.91 Å². The van der Waals surface area contributed by atoms with E-state index in [-0.39, 0.29) is 18.2 Å². The number of halogens is 2. The third kappa shape index (κ3) is 3.40. The molecule has 1 aromatic rings. The van der Waals surface area contributed by atoms with Crippen LogP contribution in [0.5, 0.6) is 0 Å². The van der Waals surface area contributed by atoms with Gasteiger partial charge >= 0.3 is 0 Å². The van der Waals surface area contributed by atoms with Crippen molar-refractivity contribution in [2.75, 3.05) is 0 Å². The molecule has 1 saturated carbocycles. The predicted octanol–water partition coefficient (Wildman–Crippen LogP) is 3.34. The van der Waals surface area contributed by atoms with Crippen molar-refractivity contribution in [2.45, 2.75) is 31.7 Å². The molecule has 0 saturated heterocycles. The number of hydrogen-bond donors (Lipinski definition) is 1. The summed E-state index contributed by atoms with van der Waals surface area (Å²) in [6.07, 6.45) is 2.14. The van der Waals surface area contributed by atoms with Crippen LogP contribution in [-0.4, -0.2) is 11.4 Å². The molecule has 0 bridgehead atoms. The number of carbonyl (C=O) groups is 1. The second-order valence-electron chi connectivity index (χ2n) is 5.05. The normalized spacial score (nSPS) is 17.4. The summed E-state index contributed by atoms with van der Waals surface area (Å²) in [4.78, 5) is 12.0. The Labute approximate surface area is 122 Å². The van der Waals surface area contributed by atoms with Crippen LogP contribution in [0.1, 0.15) is 25.3 Å². The number of carbonyl (C=O) groups excluding carboxylic acids is 1. The molecule has 1 aliphatic rings. The average molecular weight is 297 g/mol. The SMILES string of the molecule is CC(C#N)(NC(=O)Cc1ccc(Cl)cc1Cl)C1CC1. The predicted molar refractivity (Wildman–Crippen MR) is 75.1 cm³/mol. The van der Waals surface area contributed by atoms with E-state index >= 15 is 0 Å². The molecule has 19 heavy (non-hydrogen) atoms. The van der Waals surface area contributed by atoms with E-state index in [4.69, 9.17) is 23.2 Å². The molecule has 0 heterocycles. The number of benzene rings is 1. The van der Waals surface area contributed by atoms with Crippen LogP contribution in [0.25, 0.3) is 0 Å². The van der Waals surface area contributed by atoms with E-state index in [2.05, 4.69) is 11.4 Å². The maximum absolute atomic E-state index is 12.0. The Morgan fingerprint density at radius 1 is 1.53 bits per heavy atom. The van der Waals surface area contributed by atoms with Crippen molar-refractivity contribution in [1.29, 1.82) is 5.26 Å². The first-order valence-corrected chi connectivity index (χ1v) is 6.86. The second kappa shape index (κ2) is 5.40. The van der Waals surface area contributed by atoms with Crippen LogP contribution in [0.4, 0.5) is 0 Å².